The summed E-state index contributed by atoms with van der Waals surface area (Å²) in [6.07, 6.45) is -4.70. The Labute approximate surface area is 211 Å². The number of fused-ring (bicyclic) bond motifs is 1. The van der Waals surface area contributed by atoms with Gasteiger partial charge in [-0.25, -0.2) is 4.79 Å². The molecular formula is C29H34F3N3O. The lowest BCUT2D eigenvalue weighted by Gasteiger charge is -2.11. The van der Waals surface area contributed by atoms with Gasteiger partial charge in [0.05, 0.1) is 40.5 Å². The Hall–Kier alpha value is -3.79. The lowest BCUT2D eigenvalue weighted by Crippen LogP contribution is -2.24. The van der Waals surface area contributed by atoms with E-state index in [1.165, 1.54) is 15.2 Å². The Morgan fingerprint density at radius 2 is 1.39 bits per heavy atom. The number of rotatable bonds is 3. The minimum absolute atomic E-state index is 0.0604. The molecular weight excluding hydrogens is 463 g/mol. The minimum Gasteiger partial charge on any atom is -0.287 e. The van der Waals surface area contributed by atoms with Crippen LogP contribution in [0.4, 0.5) is 13.2 Å². The van der Waals surface area contributed by atoms with Gasteiger partial charge in [-0.1, -0.05) is 83.5 Å². The van der Waals surface area contributed by atoms with Crippen LogP contribution in [0.2, 0.25) is 0 Å². The highest BCUT2D eigenvalue weighted by Gasteiger charge is 2.34. The van der Waals surface area contributed by atoms with Crippen molar-refractivity contribution >= 4 is 11.0 Å². The maximum atomic E-state index is 13.4. The van der Waals surface area contributed by atoms with Gasteiger partial charge in [-0.05, 0) is 42.8 Å². The third-order valence-corrected chi connectivity index (χ3v) is 4.98. The van der Waals surface area contributed by atoms with E-state index in [0.717, 1.165) is 23.3 Å². The monoisotopic (exact) mass is 497 g/mol. The standard InChI is InChI=1S/C23H16F3N3O.3C2H6/c1-15-6-8-16(9-7-15)14-28-20-4-2-3-5-21(20)29(22(28)30)18-11-10-17(13-27)19(12-18)23(24,25)26;3*1-2/h2-12H,14H2,1H3;3*1-2H3. The van der Waals surface area contributed by atoms with Gasteiger partial charge < -0.3 is 0 Å². The second-order valence-electron chi connectivity index (χ2n) is 7.02. The van der Waals surface area contributed by atoms with Gasteiger partial charge in [0.1, 0.15) is 0 Å². The molecule has 36 heavy (non-hydrogen) atoms. The van der Waals surface area contributed by atoms with Crippen LogP contribution in [0, 0.1) is 18.3 Å². The Bertz CT molecular complexity index is 1340. The Morgan fingerprint density at radius 1 is 0.833 bits per heavy atom. The Morgan fingerprint density at radius 3 is 1.92 bits per heavy atom. The molecule has 4 nitrogen and oxygen atoms in total. The van der Waals surface area contributed by atoms with Crippen LogP contribution in [0.1, 0.15) is 63.8 Å². The number of nitrogens with zero attached hydrogens (tertiary/aromatic N) is 3. The van der Waals surface area contributed by atoms with Gasteiger partial charge >= 0.3 is 11.9 Å². The second kappa shape index (κ2) is 13.9. The quantitative estimate of drug-likeness (QED) is 0.287. The van der Waals surface area contributed by atoms with E-state index < -0.39 is 23.0 Å². The van der Waals surface area contributed by atoms with Crippen molar-refractivity contribution in [3.63, 3.8) is 0 Å². The van der Waals surface area contributed by atoms with Gasteiger partial charge in [-0.2, -0.15) is 18.4 Å². The minimum atomic E-state index is -4.70. The number of benzene rings is 3. The van der Waals surface area contributed by atoms with Crippen molar-refractivity contribution in [1.29, 1.82) is 5.26 Å². The van der Waals surface area contributed by atoms with Gasteiger partial charge in [0.15, 0.2) is 0 Å². The fourth-order valence-corrected chi connectivity index (χ4v) is 3.49. The number of hydrogen-bond acceptors (Lipinski definition) is 2. The van der Waals surface area contributed by atoms with E-state index >= 15 is 0 Å². The number of halogens is 3. The molecule has 0 aliphatic rings. The van der Waals surface area contributed by atoms with E-state index in [2.05, 4.69) is 0 Å². The molecule has 7 heteroatoms. The molecule has 0 amide bonds. The zero-order valence-corrected chi connectivity index (χ0v) is 21.9. The normalized spacial score (nSPS) is 10.1. The number of para-hydroxylation sites is 2. The maximum absolute atomic E-state index is 13.4. The topological polar surface area (TPSA) is 50.7 Å². The van der Waals surface area contributed by atoms with Crippen LogP contribution in [0.3, 0.4) is 0 Å². The first-order valence-corrected chi connectivity index (χ1v) is 12.2. The third-order valence-electron chi connectivity index (χ3n) is 4.98. The van der Waals surface area contributed by atoms with Crippen LogP contribution in [-0.2, 0) is 12.7 Å². The average Bonchev–Trinajstić information content (AvgIpc) is 3.19. The van der Waals surface area contributed by atoms with Crippen molar-refractivity contribution in [3.8, 4) is 11.8 Å². The first kappa shape index (κ1) is 30.2. The van der Waals surface area contributed by atoms with Crippen molar-refractivity contribution in [2.75, 3.05) is 0 Å². The van der Waals surface area contributed by atoms with Gasteiger partial charge in [0.25, 0.3) is 0 Å². The molecule has 0 atom stereocenters. The van der Waals surface area contributed by atoms with Crippen LogP contribution in [0.5, 0.6) is 0 Å². The van der Waals surface area contributed by atoms with E-state index in [-0.39, 0.29) is 12.2 Å². The molecule has 4 rings (SSSR count). The summed E-state index contributed by atoms with van der Waals surface area (Å²) in [6.45, 7) is 14.2. The third kappa shape index (κ3) is 6.66. The van der Waals surface area contributed by atoms with Crippen molar-refractivity contribution in [1.82, 2.24) is 9.13 Å². The van der Waals surface area contributed by atoms with Crippen molar-refractivity contribution < 1.29 is 13.2 Å². The predicted molar refractivity (Wildman–Crippen MR) is 142 cm³/mol. The van der Waals surface area contributed by atoms with Crippen LogP contribution < -0.4 is 5.69 Å². The van der Waals surface area contributed by atoms with Crippen molar-refractivity contribution in [3.05, 3.63) is 99.5 Å². The number of hydrogen-bond donors (Lipinski definition) is 0. The molecule has 0 aliphatic carbocycles. The SMILES string of the molecule is CC.CC.CC.Cc1ccc(Cn2c(=O)n(-c3ccc(C#N)c(C(F)(F)F)c3)c3ccccc32)cc1. The smallest absolute Gasteiger partial charge is 0.287 e. The second-order valence-corrected chi connectivity index (χ2v) is 7.02. The Balaban J connectivity index is 0.00000101. The first-order valence-electron chi connectivity index (χ1n) is 12.2. The summed E-state index contributed by atoms with van der Waals surface area (Å²) in [5.41, 5.74) is 1.16. The molecule has 0 unspecified atom stereocenters. The van der Waals surface area contributed by atoms with Crippen LogP contribution >= 0.6 is 0 Å². The molecule has 1 aromatic heterocycles. The number of imidazole rings is 1. The van der Waals surface area contributed by atoms with Crippen molar-refractivity contribution in [2.24, 2.45) is 0 Å². The number of nitriles is 1. The molecule has 0 saturated carbocycles. The van der Waals surface area contributed by atoms with E-state index in [1.807, 2.05) is 72.7 Å². The van der Waals surface area contributed by atoms with Crippen LogP contribution in [0.15, 0.2) is 71.5 Å². The van der Waals surface area contributed by atoms with E-state index in [4.69, 9.17) is 5.26 Å². The van der Waals surface area contributed by atoms with Gasteiger partial charge in [0.2, 0.25) is 0 Å². The molecule has 0 aliphatic heterocycles. The molecule has 192 valence electrons. The van der Waals surface area contributed by atoms with Crippen LogP contribution in [-0.4, -0.2) is 9.13 Å². The summed E-state index contributed by atoms with van der Waals surface area (Å²) in [7, 11) is 0. The van der Waals surface area contributed by atoms with E-state index in [9.17, 15) is 18.0 Å². The maximum Gasteiger partial charge on any atom is 0.417 e. The van der Waals surface area contributed by atoms with E-state index in [1.54, 1.807) is 30.3 Å². The Kier molecular flexibility index (Phi) is 11.7. The molecule has 3 aromatic carbocycles. The number of alkyl halides is 3. The summed E-state index contributed by atoms with van der Waals surface area (Å²) in [5.74, 6) is 0. The lowest BCUT2D eigenvalue weighted by molar-refractivity contribution is -0.137. The molecule has 0 radical (unpaired) electrons. The lowest BCUT2D eigenvalue weighted by atomic mass is 10.1. The summed E-state index contributed by atoms with van der Waals surface area (Å²) in [5, 5.41) is 9.03. The summed E-state index contributed by atoms with van der Waals surface area (Å²) >= 11 is 0. The molecule has 0 N–H and O–H groups in total. The van der Waals surface area contributed by atoms with Gasteiger partial charge in [-0.15, -0.1) is 0 Å². The highest BCUT2D eigenvalue weighted by Crippen LogP contribution is 2.33. The van der Waals surface area contributed by atoms with Gasteiger partial charge in [0, 0.05) is 0 Å². The zero-order valence-electron chi connectivity index (χ0n) is 21.9. The molecule has 4 aromatic rings. The first-order chi connectivity index (χ1) is 17.3. The van der Waals surface area contributed by atoms with Crippen molar-refractivity contribution in [2.45, 2.75) is 61.2 Å². The highest BCUT2D eigenvalue weighted by atomic mass is 19.4. The molecule has 0 bridgehead atoms. The number of aromatic nitrogens is 2. The fourth-order valence-electron chi connectivity index (χ4n) is 3.49. The summed E-state index contributed by atoms with van der Waals surface area (Å²) in [4.78, 5) is 13.3. The average molecular weight is 498 g/mol. The van der Waals surface area contributed by atoms with Crippen LogP contribution in [0.25, 0.3) is 16.7 Å². The zero-order chi connectivity index (χ0) is 27.5. The number of aryl methyl sites for hydroxylation is 1. The summed E-state index contributed by atoms with van der Waals surface area (Å²) in [6, 6.07) is 19.5. The largest absolute Gasteiger partial charge is 0.417 e. The molecule has 0 spiro atoms. The molecule has 1 heterocycles. The van der Waals surface area contributed by atoms with E-state index in [0.29, 0.717) is 11.0 Å². The highest BCUT2D eigenvalue weighted by molar-refractivity contribution is 5.78. The predicted octanol–water partition coefficient (Wildman–Crippen LogP) is 8.12. The molecule has 0 fully saturated rings. The fraction of sp³-hybridized carbons (Fsp3) is 0.310. The van der Waals surface area contributed by atoms with Gasteiger partial charge in [-0.3, -0.25) is 9.13 Å². The molecule has 0 saturated heterocycles. The summed E-state index contributed by atoms with van der Waals surface area (Å²) < 4.78 is 43.1.